The number of anilines is 1. The van der Waals surface area contributed by atoms with Crippen molar-refractivity contribution in [2.45, 2.75) is 19.4 Å². The fourth-order valence-electron chi connectivity index (χ4n) is 4.21. The van der Waals surface area contributed by atoms with Gasteiger partial charge in [0, 0.05) is 56.1 Å². The molecule has 0 bridgehead atoms. The van der Waals surface area contributed by atoms with E-state index in [2.05, 4.69) is 20.5 Å². The van der Waals surface area contributed by atoms with Gasteiger partial charge in [0.1, 0.15) is 24.5 Å². The smallest absolute Gasteiger partial charge is 0.248 e. The van der Waals surface area contributed by atoms with Crippen LogP contribution in [0.3, 0.4) is 0 Å². The van der Waals surface area contributed by atoms with E-state index in [-0.39, 0.29) is 24.9 Å². The van der Waals surface area contributed by atoms with Crippen LogP contribution in [0.25, 0.3) is 11.2 Å². The summed E-state index contributed by atoms with van der Waals surface area (Å²) in [5.74, 6) is 0.970. The Morgan fingerprint density at radius 2 is 2.25 bits per heavy atom. The van der Waals surface area contributed by atoms with Crippen LogP contribution in [0.1, 0.15) is 23.1 Å². The van der Waals surface area contributed by atoms with Crippen LogP contribution in [-0.2, 0) is 22.5 Å². The number of carbonyl (C=O) groups is 1. The molecule has 0 unspecified atom stereocenters. The molecule has 9 nitrogen and oxygen atoms in total. The molecular weight excluding hydrogens is 415 g/mol. The number of ether oxygens (including phenoxy) is 2. The molecule has 2 aliphatic rings. The third-order valence-corrected chi connectivity index (χ3v) is 5.87. The zero-order chi connectivity index (χ0) is 22.1. The van der Waals surface area contributed by atoms with Crippen molar-refractivity contribution in [3.05, 3.63) is 53.2 Å². The number of nitrogens with zero attached hydrogens (tertiary/aromatic N) is 5. The van der Waals surface area contributed by atoms with Gasteiger partial charge in [-0.1, -0.05) is 6.08 Å². The number of hydrogen-bond donors (Lipinski definition) is 1. The average Bonchev–Trinajstić information content (AvgIpc) is 3.49. The van der Waals surface area contributed by atoms with E-state index in [4.69, 9.17) is 9.47 Å². The normalized spacial score (nSPS) is 15.4. The van der Waals surface area contributed by atoms with Crippen molar-refractivity contribution in [2.75, 3.05) is 38.7 Å². The van der Waals surface area contributed by atoms with Gasteiger partial charge in [-0.15, -0.1) is 10.2 Å². The predicted molar refractivity (Wildman–Crippen MR) is 115 cm³/mol. The summed E-state index contributed by atoms with van der Waals surface area (Å²) < 4.78 is 26.7. The molecule has 3 aromatic rings. The van der Waals surface area contributed by atoms with Crippen LogP contribution in [0.15, 0.2) is 30.7 Å². The molecule has 0 radical (unpaired) electrons. The van der Waals surface area contributed by atoms with E-state index in [9.17, 15) is 9.18 Å². The molecule has 1 aromatic carbocycles. The lowest BCUT2D eigenvalue weighted by atomic mass is 10.0. The quantitative estimate of drug-likeness (QED) is 0.630. The first-order valence-corrected chi connectivity index (χ1v) is 10.5. The first kappa shape index (κ1) is 20.4. The highest BCUT2D eigenvalue weighted by Crippen LogP contribution is 2.31. The third kappa shape index (κ3) is 3.66. The topological polar surface area (TPSA) is 93.9 Å². The van der Waals surface area contributed by atoms with Crippen molar-refractivity contribution < 1.29 is 18.7 Å². The minimum atomic E-state index is -0.265. The molecule has 32 heavy (non-hydrogen) atoms. The lowest BCUT2D eigenvalue weighted by Gasteiger charge is -2.26. The van der Waals surface area contributed by atoms with Crippen molar-refractivity contribution in [1.82, 2.24) is 24.5 Å². The van der Waals surface area contributed by atoms with Gasteiger partial charge in [0.05, 0.1) is 6.61 Å². The summed E-state index contributed by atoms with van der Waals surface area (Å²) in [7, 11) is 1.51. The second-order valence-corrected chi connectivity index (χ2v) is 7.73. The maximum atomic E-state index is 14.5. The first-order chi connectivity index (χ1) is 15.7. The molecule has 10 heteroatoms. The summed E-state index contributed by atoms with van der Waals surface area (Å²) in [6.07, 6.45) is 6.73. The molecule has 0 saturated heterocycles. The van der Waals surface area contributed by atoms with Gasteiger partial charge < -0.3 is 19.7 Å². The minimum Gasteiger partial charge on any atom is -0.493 e. The monoisotopic (exact) mass is 438 g/mol. The minimum absolute atomic E-state index is 0.0295. The van der Waals surface area contributed by atoms with Gasteiger partial charge in [-0.05, 0) is 24.1 Å². The Balaban J connectivity index is 1.37. The third-order valence-electron chi connectivity index (χ3n) is 5.87. The van der Waals surface area contributed by atoms with E-state index < -0.39 is 0 Å². The molecule has 0 fully saturated rings. The number of methoxy groups -OCH3 is 1. The number of amides is 1. The lowest BCUT2D eigenvalue weighted by Crippen LogP contribution is -2.36. The highest BCUT2D eigenvalue weighted by molar-refractivity contribution is 5.81. The molecule has 166 valence electrons. The molecule has 0 aliphatic carbocycles. The van der Waals surface area contributed by atoms with Crippen LogP contribution in [0.2, 0.25) is 0 Å². The number of nitrogens with one attached hydrogen (secondary N) is 1. The molecule has 1 amide bonds. The molecule has 0 spiro atoms. The van der Waals surface area contributed by atoms with Gasteiger partial charge in [0.2, 0.25) is 11.9 Å². The maximum absolute atomic E-state index is 14.5. The number of halogens is 1. The summed E-state index contributed by atoms with van der Waals surface area (Å²) in [5.41, 5.74) is 4.07. The van der Waals surface area contributed by atoms with Crippen molar-refractivity contribution in [1.29, 1.82) is 0 Å². The molecule has 0 saturated carbocycles. The van der Waals surface area contributed by atoms with Crippen molar-refractivity contribution in [3.8, 4) is 5.75 Å². The van der Waals surface area contributed by atoms with Crippen molar-refractivity contribution >= 4 is 23.1 Å². The van der Waals surface area contributed by atoms with Crippen molar-refractivity contribution in [2.24, 2.45) is 0 Å². The van der Waals surface area contributed by atoms with Crippen LogP contribution < -0.4 is 10.1 Å². The van der Waals surface area contributed by atoms with Crippen LogP contribution in [0.4, 0.5) is 10.3 Å². The number of benzene rings is 1. The van der Waals surface area contributed by atoms with Gasteiger partial charge in [0.25, 0.3) is 0 Å². The zero-order valence-electron chi connectivity index (χ0n) is 17.7. The Kier molecular flexibility index (Phi) is 5.44. The van der Waals surface area contributed by atoms with Crippen molar-refractivity contribution in [3.63, 3.8) is 0 Å². The summed E-state index contributed by atoms with van der Waals surface area (Å²) >= 11 is 0. The molecular formula is C22H23FN6O3. The van der Waals surface area contributed by atoms with Gasteiger partial charge in [-0.2, -0.15) is 0 Å². The summed E-state index contributed by atoms with van der Waals surface area (Å²) in [5, 5.41) is 11.5. The predicted octanol–water partition coefficient (Wildman–Crippen LogP) is 2.07. The van der Waals surface area contributed by atoms with E-state index in [0.717, 1.165) is 22.4 Å². The number of carbonyl (C=O) groups excluding carboxylic acids is 1. The van der Waals surface area contributed by atoms with E-state index in [1.165, 1.54) is 13.2 Å². The SMILES string of the molecule is COCC(=O)N1CC=C(c2cnc(NCc3c(F)ccc4c3CCO4)n3cnnc23)CC1. The number of rotatable bonds is 6. The Hall–Kier alpha value is -3.53. The lowest BCUT2D eigenvalue weighted by molar-refractivity contribution is -0.134. The standard InChI is InChI=1S/C22H23FN6O3/c1-31-12-20(30)28-7-4-14(5-8-28)16-10-24-22(29-13-26-27-21(16)29)25-11-17-15-6-9-32-19(15)3-2-18(17)23/h2-4,10,13H,5-9,11-12H2,1H3,(H,24,25). The fraction of sp³-hybridized carbons (Fsp3) is 0.364. The summed E-state index contributed by atoms with van der Waals surface area (Å²) in [4.78, 5) is 18.3. The first-order valence-electron chi connectivity index (χ1n) is 10.5. The van der Waals surface area contributed by atoms with Gasteiger partial charge in [-0.3, -0.25) is 9.20 Å². The molecule has 2 aromatic heterocycles. The Morgan fingerprint density at radius 3 is 3.06 bits per heavy atom. The fourth-order valence-corrected chi connectivity index (χ4v) is 4.21. The second-order valence-electron chi connectivity index (χ2n) is 7.73. The van der Waals surface area contributed by atoms with E-state index in [0.29, 0.717) is 49.7 Å². The second kappa shape index (κ2) is 8.54. The van der Waals surface area contributed by atoms with E-state index >= 15 is 0 Å². The highest BCUT2D eigenvalue weighted by atomic mass is 19.1. The number of fused-ring (bicyclic) bond motifs is 2. The Bertz CT molecular complexity index is 1210. The zero-order valence-corrected chi connectivity index (χ0v) is 17.7. The van der Waals surface area contributed by atoms with Gasteiger partial charge >= 0.3 is 0 Å². The van der Waals surface area contributed by atoms with Crippen LogP contribution in [0, 0.1) is 5.82 Å². The Labute approximate surface area is 183 Å². The van der Waals surface area contributed by atoms with Gasteiger partial charge in [-0.25, -0.2) is 9.37 Å². The molecule has 4 heterocycles. The number of aromatic nitrogens is 4. The number of hydrogen-bond acceptors (Lipinski definition) is 7. The Morgan fingerprint density at radius 1 is 1.34 bits per heavy atom. The largest absolute Gasteiger partial charge is 0.493 e. The van der Waals surface area contributed by atoms with Crippen LogP contribution in [0.5, 0.6) is 5.75 Å². The van der Waals surface area contributed by atoms with Crippen LogP contribution in [-0.4, -0.2) is 63.8 Å². The average molecular weight is 438 g/mol. The van der Waals surface area contributed by atoms with E-state index in [1.807, 2.05) is 6.08 Å². The summed E-state index contributed by atoms with van der Waals surface area (Å²) in [6.45, 7) is 2.04. The van der Waals surface area contributed by atoms with E-state index in [1.54, 1.807) is 27.9 Å². The molecule has 1 N–H and O–H groups in total. The molecule has 5 rings (SSSR count). The molecule has 0 atom stereocenters. The van der Waals surface area contributed by atoms with Crippen LogP contribution >= 0.6 is 0 Å². The molecule has 2 aliphatic heterocycles. The maximum Gasteiger partial charge on any atom is 0.248 e. The highest BCUT2D eigenvalue weighted by Gasteiger charge is 2.22. The van der Waals surface area contributed by atoms with Gasteiger partial charge in [0.15, 0.2) is 5.65 Å². The summed E-state index contributed by atoms with van der Waals surface area (Å²) in [6, 6.07) is 3.11.